The van der Waals surface area contributed by atoms with Gasteiger partial charge in [-0.15, -0.1) is 82.3 Å². The van der Waals surface area contributed by atoms with Crippen LogP contribution in [0.3, 0.4) is 0 Å². The van der Waals surface area contributed by atoms with Crippen molar-refractivity contribution in [1.29, 1.82) is 0 Å². The van der Waals surface area contributed by atoms with Crippen LogP contribution < -0.4 is 27.2 Å². The highest BCUT2D eigenvalue weighted by atomic mass is 32.2. The summed E-state index contributed by atoms with van der Waals surface area (Å²) < 4.78 is 5.15. The number of aliphatic carboxylic acids is 3. The third-order valence-corrected chi connectivity index (χ3v) is 23.2. The van der Waals surface area contributed by atoms with E-state index < -0.39 is 99.0 Å². The maximum absolute atomic E-state index is 12.9. The number of fused-ring (bicyclic) bond motifs is 3. The zero-order chi connectivity index (χ0) is 67.2. The molecule has 6 amide bonds. The Balaban J connectivity index is 0.000000155. The Bertz CT molecular complexity index is 4020. The second-order valence-corrected chi connectivity index (χ2v) is 29.4. The standard InChI is InChI=1S/C18H18N8O7S3.2C14H14N8O4S3/c1-25-18(22-12(28)13(29)23-25)36-4-6-3-34-15-9(14(30)26(15)10(6)16(31)32)21-11(27)8(24-33-2)7-5-35-17(19)20-7;2*1-6-17-18-14(29-6)28-4-7-3-27-12-9(11(24)22(12)10(7)13(25)26)16-8(23)2-21-5-15-19-20-21/h5,9,15H,3-4H2,1-2H3,(H2,19,20)(H,21,27)(H,23,29)(H,31,32);2*5,9,12H,2-4H2,1H3,(H,16,23)(H,25,26)/b24-8-;;/t9-,15-;2*9-,12-/m111/s1. The number of nitrogens with one attached hydrogen (secondary N) is 3. The van der Waals surface area contributed by atoms with Crippen LogP contribution in [0, 0.1) is 13.8 Å². The van der Waals surface area contributed by atoms with Gasteiger partial charge in [0.1, 0.15) is 99.9 Å². The maximum atomic E-state index is 12.9. The number of β-lactam (4-membered cyclic amide) rings is 3. The number of aromatic nitrogens is 16. The molecule has 39 nitrogen and oxygen atoms in total. The van der Waals surface area contributed by atoms with Crippen LogP contribution in [-0.4, -0.2) is 251 Å². The first kappa shape index (κ1) is 68.2. The Labute approximate surface area is 563 Å². The lowest BCUT2D eigenvalue weighted by Gasteiger charge is -2.49. The van der Waals surface area contributed by atoms with Gasteiger partial charge in [0, 0.05) is 46.9 Å². The minimum atomic E-state index is -1.31. The summed E-state index contributed by atoms with van der Waals surface area (Å²) >= 11 is 11.9. The van der Waals surface area contributed by atoms with Crippen molar-refractivity contribution in [2.75, 3.05) is 47.4 Å². The Hall–Kier alpha value is -8.68. The number of hydrogen-bond donors (Lipinski definition) is 8. The van der Waals surface area contributed by atoms with Gasteiger partial charge in [0.25, 0.3) is 29.5 Å². The normalized spacial score (nSPS) is 20.4. The van der Waals surface area contributed by atoms with E-state index >= 15 is 0 Å². The molecule has 6 aromatic heterocycles. The number of carbonyl (C=O) groups excluding carboxylic acids is 6. The first-order valence-electron chi connectivity index (χ1n) is 26.5. The van der Waals surface area contributed by atoms with E-state index in [0.29, 0.717) is 39.7 Å². The van der Waals surface area contributed by atoms with E-state index in [1.54, 1.807) is 0 Å². The average molecular weight is 1460 g/mol. The highest BCUT2D eigenvalue weighted by Crippen LogP contribution is 2.45. The topological polar surface area (TPSA) is 527 Å². The maximum Gasteiger partial charge on any atom is 0.352 e. The number of nitrogens with two attached hydrogens (primary N) is 1. The predicted octanol–water partition coefficient (Wildman–Crippen LogP) is -2.47. The van der Waals surface area contributed by atoms with E-state index in [2.05, 4.69) is 87.6 Å². The number of carboxylic acid groups (broad SMARTS) is 3. The van der Waals surface area contributed by atoms with Crippen molar-refractivity contribution in [3.63, 3.8) is 0 Å². The van der Waals surface area contributed by atoms with Crippen LogP contribution in [0.25, 0.3) is 0 Å². The number of thioether (sulfide) groups is 6. The van der Waals surface area contributed by atoms with Crippen molar-refractivity contribution >= 4 is 169 Å². The third kappa shape index (κ3) is 15.1. The molecule has 0 aromatic carbocycles. The van der Waals surface area contributed by atoms with Crippen molar-refractivity contribution in [2.45, 2.75) is 75.0 Å². The number of anilines is 1. The summed E-state index contributed by atoms with van der Waals surface area (Å²) in [7, 11) is 2.72. The molecule has 12 rings (SSSR count). The van der Waals surface area contributed by atoms with E-state index in [0.717, 1.165) is 46.7 Å². The predicted molar refractivity (Wildman–Crippen MR) is 335 cm³/mol. The smallest absolute Gasteiger partial charge is 0.352 e. The number of aromatic hydroxyl groups is 1. The second kappa shape index (κ2) is 29.7. The monoisotopic (exact) mass is 1460 g/mol. The van der Waals surface area contributed by atoms with Gasteiger partial charge < -0.3 is 46.9 Å². The Morgan fingerprint density at radius 3 is 1.47 bits per heavy atom. The molecule has 12 heterocycles. The van der Waals surface area contributed by atoms with Gasteiger partial charge in [-0.3, -0.25) is 48.3 Å². The van der Waals surface area contributed by atoms with Crippen LogP contribution in [0.5, 0.6) is 5.88 Å². The first-order valence-corrected chi connectivity index (χ1v) is 35.1. The van der Waals surface area contributed by atoms with E-state index in [4.69, 9.17) is 10.6 Å². The van der Waals surface area contributed by atoms with Gasteiger partial charge in [0.2, 0.25) is 11.8 Å². The van der Waals surface area contributed by atoms with Crippen LogP contribution in [0.15, 0.2) is 75.6 Å². The lowest BCUT2D eigenvalue weighted by molar-refractivity contribution is -0.150. The van der Waals surface area contributed by atoms with Gasteiger partial charge in [-0.05, 0) is 51.4 Å². The molecular formula is C46H46N24O15S9. The zero-order valence-corrected chi connectivity index (χ0v) is 55.7. The molecule has 0 radical (unpaired) electrons. The molecule has 3 saturated heterocycles. The van der Waals surface area contributed by atoms with Crippen LogP contribution in [0.1, 0.15) is 15.7 Å². The average Bonchev–Trinajstić information content (AvgIpc) is 0.834. The van der Waals surface area contributed by atoms with Crippen molar-refractivity contribution in [2.24, 2.45) is 12.2 Å². The minimum Gasteiger partial charge on any atom is -0.488 e. The molecule has 48 heteroatoms. The quantitative estimate of drug-likeness (QED) is 0.0151. The highest BCUT2D eigenvalue weighted by molar-refractivity contribution is 8.02. The van der Waals surface area contributed by atoms with E-state index in [1.807, 2.05) is 13.8 Å². The van der Waals surface area contributed by atoms with E-state index in [-0.39, 0.29) is 63.4 Å². The van der Waals surface area contributed by atoms with E-state index in [1.165, 1.54) is 138 Å². The Morgan fingerprint density at radius 1 is 0.660 bits per heavy atom. The molecule has 6 aliphatic rings. The lowest BCUT2D eigenvalue weighted by atomic mass is 10.0. The van der Waals surface area contributed by atoms with Crippen molar-refractivity contribution in [1.82, 2.24) is 111 Å². The van der Waals surface area contributed by atoms with Crippen LogP contribution >= 0.6 is 105 Å². The summed E-state index contributed by atoms with van der Waals surface area (Å²) in [5.74, 6) is -5.42. The number of hydrogen-bond acceptors (Lipinski definition) is 36. The Morgan fingerprint density at radius 2 is 1.10 bits per heavy atom. The van der Waals surface area contributed by atoms with Gasteiger partial charge >= 0.3 is 23.5 Å². The number of thiazole rings is 1. The molecule has 0 unspecified atom stereocenters. The fourth-order valence-corrected chi connectivity index (χ4v) is 18.7. The van der Waals surface area contributed by atoms with E-state index in [9.17, 15) is 68.4 Å². The molecule has 3 fully saturated rings. The number of amides is 6. The molecule has 9 N–H and O–H groups in total. The van der Waals surface area contributed by atoms with Gasteiger partial charge in [-0.1, -0.05) is 63.1 Å². The van der Waals surface area contributed by atoms with Crippen LogP contribution in [0.4, 0.5) is 5.13 Å². The van der Waals surface area contributed by atoms with Crippen molar-refractivity contribution in [3.05, 3.63) is 77.9 Å². The number of carboxylic acids is 3. The van der Waals surface area contributed by atoms with Crippen LogP contribution in [-0.2, 0) is 68.1 Å². The fraction of sp³-hybridized carbons (Fsp3) is 0.391. The summed E-state index contributed by atoms with van der Waals surface area (Å²) in [5.41, 5.74) is 6.19. The largest absolute Gasteiger partial charge is 0.488 e. The number of rotatable bonds is 22. The summed E-state index contributed by atoms with van der Waals surface area (Å²) in [4.78, 5) is 139. The molecule has 6 atom stereocenters. The van der Waals surface area contributed by atoms with Crippen molar-refractivity contribution < 1.29 is 68.4 Å². The van der Waals surface area contributed by atoms with Gasteiger partial charge in [0.05, 0.1) is 0 Å². The number of nitrogen functional groups attached to an aromatic ring is 1. The zero-order valence-electron chi connectivity index (χ0n) is 48.3. The second-order valence-electron chi connectivity index (χ2n) is 19.4. The fourth-order valence-electron chi connectivity index (χ4n) is 9.21. The van der Waals surface area contributed by atoms with Gasteiger partial charge in [0.15, 0.2) is 24.7 Å². The van der Waals surface area contributed by atoms with Crippen molar-refractivity contribution in [3.8, 4) is 5.88 Å². The summed E-state index contributed by atoms with van der Waals surface area (Å²) in [5, 5.41) is 92.6. The van der Waals surface area contributed by atoms with Gasteiger partial charge in [-0.25, -0.2) is 33.4 Å². The molecule has 0 bridgehead atoms. The summed E-state index contributed by atoms with van der Waals surface area (Å²) in [6.45, 7) is 3.44. The van der Waals surface area contributed by atoms with Crippen LogP contribution in [0.2, 0.25) is 0 Å². The Kier molecular flexibility index (Phi) is 21.6. The number of tetrazole rings is 2. The summed E-state index contributed by atoms with van der Waals surface area (Å²) in [6, 6.07) is -2.55. The lowest BCUT2D eigenvalue weighted by Crippen LogP contribution is -2.71. The molecule has 94 heavy (non-hydrogen) atoms. The molecule has 0 spiro atoms. The molecule has 494 valence electrons. The minimum absolute atomic E-state index is 0.0153. The third-order valence-electron chi connectivity index (χ3n) is 13.3. The molecular weight excluding hydrogens is 1420 g/mol. The van der Waals surface area contributed by atoms with Gasteiger partial charge in [-0.2, -0.15) is 4.98 Å². The molecule has 0 saturated carbocycles. The summed E-state index contributed by atoms with van der Waals surface area (Å²) in [6.07, 6.45) is 2.58. The SMILES string of the molecule is CO/N=C(\C(=O)N[C@@H]1C(=O)N2C(C(=O)O)=C(CSc3nc(=O)c(O)nn3C)CS[C@H]12)c1csc(N)n1.Cc1nnc(SCC2=C(C(=O)O)N3C(=O)[C@@H](NC(=O)Cn4cnnn4)[C@H]3SC2)s1.Cc1nnc(SCC2=C(C(=O)O)N3C(=O)[C@@H](NC(=O)Cn4cnnn4)[C@H]3SC2)s1. The molecule has 0 aliphatic carbocycles. The highest BCUT2D eigenvalue weighted by Gasteiger charge is 2.57. The molecule has 6 aromatic rings. The number of carbonyl (C=O) groups is 9. The first-order chi connectivity index (χ1) is 45.0. The number of nitrogens with zero attached hydrogens (tertiary/aromatic N) is 20. The molecule has 6 aliphatic heterocycles. The number of aryl methyl sites for hydroxylation is 3. The number of oxime groups is 1.